The van der Waals surface area contributed by atoms with E-state index >= 15 is 0 Å². The van der Waals surface area contributed by atoms with Gasteiger partial charge in [-0.15, -0.1) is 0 Å². The highest BCUT2D eigenvalue weighted by Gasteiger charge is 2.27. The summed E-state index contributed by atoms with van der Waals surface area (Å²) in [5, 5.41) is 10.9. The van der Waals surface area contributed by atoms with E-state index in [1.807, 2.05) is 0 Å². The highest BCUT2D eigenvalue weighted by molar-refractivity contribution is 6.42. The number of rotatable bonds is 7. The van der Waals surface area contributed by atoms with Crippen LogP contribution in [-0.4, -0.2) is 25.5 Å². The van der Waals surface area contributed by atoms with Crippen molar-refractivity contribution in [1.29, 1.82) is 0 Å². The molecular formula is C18H15Cl2F4N5O. The predicted octanol–water partition coefficient (Wildman–Crippen LogP) is 5.51. The van der Waals surface area contributed by atoms with Crippen LogP contribution in [0.1, 0.15) is 42.8 Å². The van der Waals surface area contributed by atoms with Gasteiger partial charge in [-0.05, 0) is 30.7 Å². The number of carbonyl (C=O) groups excluding carboxylic acids is 1. The summed E-state index contributed by atoms with van der Waals surface area (Å²) >= 11 is 11.9. The van der Waals surface area contributed by atoms with E-state index in [1.54, 1.807) is 18.2 Å². The zero-order valence-corrected chi connectivity index (χ0v) is 16.9. The lowest BCUT2D eigenvalue weighted by molar-refractivity contribution is -0.119. The maximum absolute atomic E-state index is 13.2. The molecule has 0 aliphatic carbocycles. The molecule has 0 aliphatic heterocycles. The van der Waals surface area contributed by atoms with Crippen LogP contribution in [0, 0.1) is 0 Å². The first-order chi connectivity index (χ1) is 14.2. The summed E-state index contributed by atoms with van der Waals surface area (Å²) in [6.45, 7) is 1.62. The molecule has 0 saturated heterocycles. The van der Waals surface area contributed by atoms with Crippen LogP contribution in [-0.2, 0) is 11.3 Å². The molecule has 0 saturated carbocycles. The molecular weight excluding hydrogens is 449 g/mol. The zero-order chi connectivity index (χ0) is 22.0. The van der Waals surface area contributed by atoms with Gasteiger partial charge in [0.05, 0.1) is 28.5 Å². The largest absolute Gasteiger partial charge is 0.322 e. The third-order valence-electron chi connectivity index (χ3n) is 4.21. The Bertz CT molecular complexity index is 1050. The molecule has 2 aromatic heterocycles. The van der Waals surface area contributed by atoms with Crippen molar-refractivity contribution in [1.82, 2.24) is 19.6 Å². The van der Waals surface area contributed by atoms with Crippen LogP contribution in [0.4, 0.5) is 23.2 Å². The Kier molecular flexibility index (Phi) is 6.67. The van der Waals surface area contributed by atoms with Crippen molar-refractivity contribution in [2.75, 3.05) is 5.32 Å². The third kappa shape index (κ3) is 4.93. The average Bonchev–Trinajstić information content (AvgIpc) is 3.31. The highest BCUT2D eigenvalue weighted by Crippen LogP contribution is 2.28. The molecule has 1 atom stereocenters. The number of halogens is 6. The van der Waals surface area contributed by atoms with E-state index in [0.29, 0.717) is 33.0 Å². The van der Waals surface area contributed by atoms with Gasteiger partial charge >= 0.3 is 0 Å². The molecule has 2 heterocycles. The number of benzene rings is 1. The molecule has 6 nitrogen and oxygen atoms in total. The molecule has 0 aliphatic rings. The Morgan fingerprint density at radius 3 is 2.50 bits per heavy atom. The van der Waals surface area contributed by atoms with Gasteiger partial charge in [0.15, 0.2) is 0 Å². The predicted molar refractivity (Wildman–Crippen MR) is 103 cm³/mol. The molecule has 12 heteroatoms. The number of amides is 1. The van der Waals surface area contributed by atoms with E-state index in [1.165, 1.54) is 24.0 Å². The SMILES string of the molecule is CC(C(=O)Nc1cnn(Cc2ccc(Cl)c(Cl)c2)c1)n1nc(C(F)F)cc1C(F)F. The molecule has 0 bridgehead atoms. The van der Waals surface area contributed by atoms with Gasteiger partial charge in [0, 0.05) is 6.20 Å². The second-order valence-corrected chi connectivity index (χ2v) is 7.19. The number of hydrogen-bond donors (Lipinski definition) is 1. The number of nitrogens with one attached hydrogen (secondary N) is 1. The summed E-state index contributed by atoms with van der Waals surface area (Å²) in [7, 11) is 0. The molecule has 1 amide bonds. The van der Waals surface area contributed by atoms with Crippen LogP contribution in [0.2, 0.25) is 10.0 Å². The lowest BCUT2D eigenvalue weighted by Crippen LogP contribution is -2.25. The Balaban J connectivity index is 1.71. The first-order valence-electron chi connectivity index (χ1n) is 8.58. The van der Waals surface area contributed by atoms with Gasteiger partial charge in [-0.25, -0.2) is 17.6 Å². The molecule has 0 radical (unpaired) electrons. The molecule has 0 spiro atoms. The summed E-state index contributed by atoms with van der Waals surface area (Å²) in [5.41, 5.74) is -0.467. The van der Waals surface area contributed by atoms with E-state index in [9.17, 15) is 22.4 Å². The number of aromatic nitrogens is 4. The Morgan fingerprint density at radius 2 is 1.87 bits per heavy atom. The number of hydrogen-bond acceptors (Lipinski definition) is 3. The Hall–Kier alpha value is -2.59. The topological polar surface area (TPSA) is 64.7 Å². The van der Waals surface area contributed by atoms with Crippen molar-refractivity contribution in [3.05, 3.63) is 63.7 Å². The van der Waals surface area contributed by atoms with Gasteiger partial charge in [0.2, 0.25) is 5.91 Å². The zero-order valence-electron chi connectivity index (χ0n) is 15.4. The standard InChI is InChI=1S/C18H15Cl2F4N5O/c1-9(29-15(17(23)24)5-14(27-29)16(21)22)18(30)26-11-6-25-28(8-11)7-10-2-3-12(19)13(20)4-10/h2-6,8-9,16-17H,7H2,1H3,(H,26,30). The lowest BCUT2D eigenvalue weighted by Gasteiger charge is -2.14. The maximum atomic E-state index is 13.2. The van der Waals surface area contributed by atoms with Crippen LogP contribution >= 0.6 is 23.2 Å². The van der Waals surface area contributed by atoms with Gasteiger partial charge in [0.1, 0.15) is 17.4 Å². The third-order valence-corrected chi connectivity index (χ3v) is 4.95. The van der Waals surface area contributed by atoms with E-state index in [-0.39, 0.29) is 0 Å². The summed E-state index contributed by atoms with van der Waals surface area (Å²) in [5.74, 6) is -0.713. The van der Waals surface area contributed by atoms with Crippen molar-refractivity contribution in [3.63, 3.8) is 0 Å². The van der Waals surface area contributed by atoms with Crippen molar-refractivity contribution >= 4 is 34.8 Å². The first kappa shape index (κ1) is 22.1. The number of anilines is 1. The number of alkyl halides is 4. The van der Waals surface area contributed by atoms with E-state index in [2.05, 4.69) is 15.5 Å². The first-order valence-corrected chi connectivity index (χ1v) is 9.34. The van der Waals surface area contributed by atoms with Gasteiger partial charge in [-0.2, -0.15) is 10.2 Å². The van der Waals surface area contributed by atoms with Crippen molar-refractivity contribution in [2.24, 2.45) is 0 Å². The van der Waals surface area contributed by atoms with E-state index in [0.717, 1.165) is 5.56 Å². The molecule has 160 valence electrons. The van der Waals surface area contributed by atoms with Gasteiger partial charge in [-0.1, -0.05) is 29.3 Å². The van der Waals surface area contributed by atoms with Crippen molar-refractivity contribution in [2.45, 2.75) is 32.4 Å². The molecule has 1 aromatic carbocycles. The van der Waals surface area contributed by atoms with Crippen molar-refractivity contribution in [3.8, 4) is 0 Å². The minimum Gasteiger partial charge on any atom is -0.322 e. The van der Waals surface area contributed by atoms with Crippen LogP contribution < -0.4 is 5.32 Å². The van der Waals surface area contributed by atoms with Crippen LogP contribution in [0.15, 0.2) is 36.7 Å². The minimum absolute atomic E-state index is 0.298. The molecule has 3 aromatic rings. The highest BCUT2D eigenvalue weighted by atomic mass is 35.5. The average molecular weight is 464 g/mol. The molecule has 3 rings (SSSR count). The fourth-order valence-corrected chi connectivity index (χ4v) is 3.03. The van der Waals surface area contributed by atoms with Crippen LogP contribution in [0.25, 0.3) is 0 Å². The maximum Gasteiger partial charge on any atom is 0.282 e. The van der Waals surface area contributed by atoms with Crippen molar-refractivity contribution < 1.29 is 22.4 Å². The van der Waals surface area contributed by atoms with Gasteiger partial charge in [0.25, 0.3) is 12.9 Å². The summed E-state index contributed by atoms with van der Waals surface area (Å²) in [6.07, 6.45) is -3.20. The normalized spacial score (nSPS) is 12.6. The fraction of sp³-hybridized carbons (Fsp3) is 0.278. The Morgan fingerprint density at radius 1 is 1.13 bits per heavy atom. The van der Waals surface area contributed by atoms with Crippen LogP contribution in [0.3, 0.4) is 0 Å². The molecule has 30 heavy (non-hydrogen) atoms. The fourth-order valence-electron chi connectivity index (χ4n) is 2.71. The Labute approximate surface area is 178 Å². The smallest absolute Gasteiger partial charge is 0.282 e. The quantitative estimate of drug-likeness (QED) is 0.469. The van der Waals surface area contributed by atoms with Crippen LogP contribution in [0.5, 0.6) is 0 Å². The summed E-state index contributed by atoms with van der Waals surface area (Å²) < 4.78 is 54.1. The van der Waals surface area contributed by atoms with Gasteiger partial charge < -0.3 is 5.32 Å². The summed E-state index contributed by atoms with van der Waals surface area (Å²) in [6, 6.07) is 4.43. The molecule has 1 unspecified atom stereocenters. The van der Waals surface area contributed by atoms with Gasteiger partial charge in [-0.3, -0.25) is 14.2 Å². The molecule has 1 N–H and O–H groups in total. The second kappa shape index (κ2) is 9.05. The summed E-state index contributed by atoms with van der Waals surface area (Å²) in [4.78, 5) is 12.4. The monoisotopic (exact) mass is 463 g/mol. The minimum atomic E-state index is -3.06. The molecule has 0 fully saturated rings. The van der Waals surface area contributed by atoms with E-state index < -0.39 is 36.2 Å². The number of nitrogens with zero attached hydrogens (tertiary/aromatic N) is 4. The lowest BCUT2D eigenvalue weighted by atomic mass is 10.2. The second-order valence-electron chi connectivity index (χ2n) is 6.38. The number of carbonyl (C=O) groups is 1. The van der Waals surface area contributed by atoms with E-state index in [4.69, 9.17) is 23.2 Å².